The summed E-state index contributed by atoms with van der Waals surface area (Å²) < 4.78 is 0. The van der Waals surface area contributed by atoms with E-state index in [0.717, 1.165) is 5.92 Å². The largest absolute Gasteiger partial charge is 0.392 e. The van der Waals surface area contributed by atoms with Crippen molar-refractivity contribution in [2.24, 2.45) is 23.7 Å². The molecule has 0 amide bonds. The van der Waals surface area contributed by atoms with Crippen LogP contribution < -0.4 is 0 Å². The van der Waals surface area contributed by atoms with E-state index in [2.05, 4.69) is 0 Å². The number of rotatable bonds is 0. The van der Waals surface area contributed by atoms with Crippen molar-refractivity contribution in [3.63, 3.8) is 0 Å². The van der Waals surface area contributed by atoms with Crippen LogP contribution in [0.3, 0.4) is 0 Å². The van der Waals surface area contributed by atoms with Crippen molar-refractivity contribution in [1.82, 2.24) is 0 Å². The van der Waals surface area contributed by atoms with Gasteiger partial charge >= 0.3 is 0 Å². The van der Waals surface area contributed by atoms with Crippen molar-refractivity contribution >= 4 is 11.6 Å². The molecular weight excluding hydrogens is 136 g/mol. The van der Waals surface area contributed by atoms with Gasteiger partial charge in [-0.15, -0.1) is 11.6 Å². The second-order valence-electron chi connectivity index (χ2n) is 3.65. The summed E-state index contributed by atoms with van der Waals surface area (Å²) in [6, 6.07) is 0. The molecule has 4 bridgehead atoms. The Labute approximate surface area is 59.0 Å². The molecule has 4 fully saturated rings. The fourth-order valence-corrected chi connectivity index (χ4v) is 3.62. The van der Waals surface area contributed by atoms with Crippen LogP contribution in [0.4, 0.5) is 0 Å². The van der Waals surface area contributed by atoms with E-state index >= 15 is 0 Å². The quantitative estimate of drug-likeness (QED) is 0.500. The van der Waals surface area contributed by atoms with Crippen molar-refractivity contribution in [2.45, 2.75) is 17.9 Å². The summed E-state index contributed by atoms with van der Waals surface area (Å²) in [6.07, 6.45) is 1.19. The SMILES string of the molecule is OC1C2C3[C@@H]2C[C@H]1[C@H]3Cl. The van der Waals surface area contributed by atoms with Gasteiger partial charge in [-0.1, -0.05) is 0 Å². The fourth-order valence-electron chi connectivity index (χ4n) is 3.01. The number of halogens is 1. The van der Waals surface area contributed by atoms with E-state index in [1.807, 2.05) is 0 Å². The Balaban J connectivity index is 2.07. The molecular formula is C7H9ClO. The van der Waals surface area contributed by atoms with Gasteiger partial charge in [-0.2, -0.15) is 0 Å². The Morgan fingerprint density at radius 2 is 2.00 bits per heavy atom. The Morgan fingerprint density at radius 1 is 1.22 bits per heavy atom. The maximum Gasteiger partial charge on any atom is 0.0616 e. The highest BCUT2D eigenvalue weighted by molar-refractivity contribution is 6.21. The Morgan fingerprint density at radius 3 is 2.11 bits per heavy atom. The zero-order chi connectivity index (χ0) is 6.17. The predicted octanol–water partition coefficient (Wildman–Crippen LogP) is 0.850. The van der Waals surface area contributed by atoms with Crippen LogP contribution in [0.5, 0.6) is 0 Å². The maximum absolute atomic E-state index is 9.44. The highest BCUT2D eigenvalue weighted by atomic mass is 35.5. The first-order valence-corrected chi connectivity index (χ1v) is 4.06. The lowest BCUT2D eigenvalue weighted by atomic mass is 10.1. The fraction of sp³-hybridized carbons (Fsp3) is 1.00. The minimum absolute atomic E-state index is 0.0255. The molecule has 0 saturated heterocycles. The van der Waals surface area contributed by atoms with Gasteiger partial charge < -0.3 is 5.11 Å². The van der Waals surface area contributed by atoms with Crippen LogP contribution in [-0.2, 0) is 0 Å². The highest BCUT2D eigenvalue weighted by Crippen LogP contribution is 2.71. The first kappa shape index (κ1) is 4.97. The summed E-state index contributed by atoms with van der Waals surface area (Å²) in [5.41, 5.74) is 0. The normalized spacial score (nSPS) is 75.3. The summed E-state index contributed by atoms with van der Waals surface area (Å²) in [5, 5.41) is 9.76. The highest BCUT2D eigenvalue weighted by Gasteiger charge is 2.72. The molecule has 2 heteroatoms. The lowest BCUT2D eigenvalue weighted by Gasteiger charge is -2.08. The summed E-state index contributed by atoms with van der Waals surface area (Å²) >= 11 is 6.03. The molecule has 6 atom stereocenters. The van der Waals surface area contributed by atoms with E-state index in [4.69, 9.17) is 11.6 Å². The van der Waals surface area contributed by atoms with Crippen LogP contribution in [0.25, 0.3) is 0 Å². The van der Waals surface area contributed by atoms with Crippen molar-refractivity contribution < 1.29 is 5.11 Å². The molecule has 4 aliphatic carbocycles. The topological polar surface area (TPSA) is 20.2 Å². The second-order valence-corrected chi connectivity index (χ2v) is 4.16. The monoisotopic (exact) mass is 144 g/mol. The Kier molecular flexibility index (Phi) is 0.647. The van der Waals surface area contributed by atoms with Gasteiger partial charge in [0.2, 0.25) is 0 Å². The second kappa shape index (κ2) is 1.17. The first-order chi connectivity index (χ1) is 4.30. The molecule has 50 valence electrons. The van der Waals surface area contributed by atoms with Crippen LogP contribution in [0.1, 0.15) is 6.42 Å². The van der Waals surface area contributed by atoms with Crippen LogP contribution in [0, 0.1) is 23.7 Å². The number of hydrogen-bond acceptors (Lipinski definition) is 1. The molecule has 1 nitrogen and oxygen atoms in total. The molecule has 4 aliphatic rings. The minimum Gasteiger partial charge on any atom is -0.392 e. The Hall–Kier alpha value is 0.250. The minimum atomic E-state index is -0.0255. The average Bonchev–Trinajstić information content (AvgIpc) is 2.18. The van der Waals surface area contributed by atoms with Crippen molar-refractivity contribution in [1.29, 1.82) is 0 Å². The third-order valence-corrected chi connectivity index (χ3v) is 4.06. The van der Waals surface area contributed by atoms with Gasteiger partial charge in [0.05, 0.1) is 6.10 Å². The van der Waals surface area contributed by atoms with Crippen molar-refractivity contribution in [3.8, 4) is 0 Å². The van der Waals surface area contributed by atoms with Crippen LogP contribution in [0.2, 0.25) is 0 Å². The lowest BCUT2D eigenvalue weighted by Crippen LogP contribution is -2.15. The van der Waals surface area contributed by atoms with E-state index < -0.39 is 0 Å². The van der Waals surface area contributed by atoms with Gasteiger partial charge in [-0.3, -0.25) is 0 Å². The van der Waals surface area contributed by atoms with Gasteiger partial charge in [0.1, 0.15) is 0 Å². The van der Waals surface area contributed by atoms with E-state index in [9.17, 15) is 5.11 Å². The molecule has 9 heavy (non-hydrogen) atoms. The van der Waals surface area contributed by atoms with Crippen molar-refractivity contribution in [3.05, 3.63) is 0 Å². The zero-order valence-electron chi connectivity index (χ0n) is 5.00. The molecule has 4 saturated carbocycles. The Bertz CT molecular complexity index is 150. The number of aliphatic hydroxyl groups excluding tert-OH is 1. The standard InChI is InChI=1S/C7H9ClO/c8-6-3-1-2-4(6)5(2)7(3)9/h2-7,9H,1H2/t2-,3-,4?,5?,6+,7?/m0/s1. The van der Waals surface area contributed by atoms with Gasteiger partial charge in [0, 0.05) is 11.3 Å². The van der Waals surface area contributed by atoms with Crippen LogP contribution >= 0.6 is 11.6 Å². The lowest BCUT2D eigenvalue weighted by molar-refractivity contribution is 0.136. The smallest absolute Gasteiger partial charge is 0.0616 e. The number of aliphatic hydroxyl groups is 1. The molecule has 0 aromatic heterocycles. The summed E-state index contributed by atoms with van der Waals surface area (Å²) in [7, 11) is 0. The molecule has 0 radical (unpaired) electrons. The molecule has 3 unspecified atom stereocenters. The number of hydrogen-bond donors (Lipinski definition) is 1. The van der Waals surface area contributed by atoms with Gasteiger partial charge in [-0.25, -0.2) is 0 Å². The molecule has 1 N–H and O–H groups in total. The van der Waals surface area contributed by atoms with E-state index in [1.54, 1.807) is 0 Å². The molecule has 0 spiro atoms. The van der Waals surface area contributed by atoms with E-state index in [0.29, 0.717) is 23.1 Å². The molecule has 0 aromatic rings. The van der Waals surface area contributed by atoms with E-state index in [-0.39, 0.29) is 6.10 Å². The average molecular weight is 145 g/mol. The van der Waals surface area contributed by atoms with Crippen LogP contribution in [0.15, 0.2) is 0 Å². The van der Waals surface area contributed by atoms with Crippen LogP contribution in [-0.4, -0.2) is 16.6 Å². The summed E-state index contributed by atoms with van der Waals surface area (Å²) in [4.78, 5) is 0. The molecule has 4 rings (SSSR count). The molecule has 0 heterocycles. The molecule has 0 aromatic carbocycles. The molecule has 0 aliphatic heterocycles. The van der Waals surface area contributed by atoms with Gasteiger partial charge in [-0.05, 0) is 24.2 Å². The van der Waals surface area contributed by atoms with E-state index in [1.165, 1.54) is 6.42 Å². The van der Waals surface area contributed by atoms with Gasteiger partial charge in [0.15, 0.2) is 0 Å². The zero-order valence-corrected chi connectivity index (χ0v) is 5.75. The summed E-state index contributed by atoms with van der Waals surface area (Å²) in [5.74, 6) is 2.63. The van der Waals surface area contributed by atoms with Crippen molar-refractivity contribution in [2.75, 3.05) is 0 Å². The third kappa shape index (κ3) is 0.352. The third-order valence-electron chi connectivity index (χ3n) is 3.45. The first-order valence-electron chi connectivity index (χ1n) is 3.63. The summed E-state index contributed by atoms with van der Waals surface area (Å²) in [6.45, 7) is 0. The number of alkyl halides is 1. The predicted molar refractivity (Wildman–Crippen MR) is 34.2 cm³/mol. The van der Waals surface area contributed by atoms with Gasteiger partial charge in [0.25, 0.3) is 0 Å². The maximum atomic E-state index is 9.44.